The van der Waals surface area contributed by atoms with Gasteiger partial charge in [0.1, 0.15) is 6.61 Å². The summed E-state index contributed by atoms with van der Waals surface area (Å²) in [7, 11) is 1.49. The highest BCUT2D eigenvalue weighted by molar-refractivity contribution is 7.11. The molecule has 10 heteroatoms. The van der Waals surface area contributed by atoms with Crippen LogP contribution in [0.15, 0.2) is 0 Å². The molecule has 0 fully saturated rings. The monoisotopic (exact) mass is 322 g/mol. The minimum absolute atomic E-state index is 0.00405. The fourth-order valence-electron chi connectivity index (χ4n) is 1.36. The summed E-state index contributed by atoms with van der Waals surface area (Å²) < 4.78 is 77.8. The largest absolute Gasteiger partial charge is 0.434 e. The molecule has 0 unspecified atom stereocenters. The maximum Gasteiger partial charge on any atom is 0.434 e. The molecule has 0 atom stereocenters. The normalized spacial score (nSPS) is 12.9. The van der Waals surface area contributed by atoms with Crippen LogP contribution in [0.3, 0.4) is 0 Å². The summed E-state index contributed by atoms with van der Waals surface area (Å²) >= 11 is 0.814. The second-order valence-electron chi connectivity index (χ2n) is 3.83. The Bertz CT molecular complexity index is 428. The predicted molar refractivity (Wildman–Crippen MR) is 60.5 cm³/mol. The average Bonchev–Trinajstić information content (AvgIpc) is 2.67. The van der Waals surface area contributed by atoms with E-state index in [0.29, 0.717) is 0 Å². The van der Waals surface area contributed by atoms with Crippen molar-refractivity contribution < 1.29 is 31.1 Å². The Morgan fingerprint density at radius 3 is 2.35 bits per heavy atom. The number of nitrogens with one attached hydrogen (secondary N) is 1. The van der Waals surface area contributed by atoms with Crippen LogP contribution in [0, 0.1) is 0 Å². The van der Waals surface area contributed by atoms with Gasteiger partial charge in [-0.15, -0.1) is 11.3 Å². The summed E-state index contributed by atoms with van der Waals surface area (Å²) in [5.41, 5.74) is -0.998. The molecule has 0 saturated carbocycles. The van der Waals surface area contributed by atoms with Crippen molar-refractivity contribution in [2.45, 2.75) is 25.3 Å². The number of ether oxygens (including phenoxy) is 1. The topological polar surface area (TPSA) is 34.1 Å². The lowest BCUT2D eigenvalue weighted by molar-refractivity contribution is -0.173. The summed E-state index contributed by atoms with van der Waals surface area (Å²) in [6.07, 6.45) is -9.11. The third-order valence-electron chi connectivity index (χ3n) is 2.07. The van der Waals surface area contributed by atoms with E-state index in [4.69, 9.17) is 0 Å². The molecule has 0 amide bonds. The molecule has 0 aromatic carbocycles. The van der Waals surface area contributed by atoms with E-state index in [1.54, 1.807) is 0 Å². The number of halogens is 6. The van der Waals surface area contributed by atoms with Gasteiger partial charge in [-0.3, -0.25) is 0 Å². The number of rotatable bonds is 6. The average molecular weight is 322 g/mol. The van der Waals surface area contributed by atoms with Crippen molar-refractivity contribution in [2.75, 3.05) is 20.3 Å². The molecule has 1 heterocycles. The van der Waals surface area contributed by atoms with Crippen molar-refractivity contribution in [2.24, 2.45) is 0 Å². The maximum atomic E-state index is 12.7. The van der Waals surface area contributed by atoms with E-state index in [2.05, 4.69) is 15.0 Å². The van der Waals surface area contributed by atoms with Crippen molar-refractivity contribution in [3.8, 4) is 0 Å². The van der Waals surface area contributed by atoms with Gasteiger partial charge in [0.25, 0.3) is 0 Å². The number of thiazole rings is 1. The molecule has 0 aliphatic heterocycles. The zero-order valence-electron chi connectivity index (χ0n) is 10.4. The van der Waals surface area contributed by atoms with Gasteiger partial charge in [-0.2, -0.15) is 26.3 Å². The molecular formula is C10H12F6N2OS. The van der Waals surface area contributed by atoms with Crippen LogP contribution in [0.4, 0.5) is 26.3 Å². The molecule has 0 aliphatic carbocycles. The first-order chi connectivity index (χ1) is 9.13. The molecule has 0 aliphatic rings. The number of hydrogen-bond acceptors (Lipinski definition) is 4. The number of aromatic nitrogens is 1. The molecule has 0 radical (unpaired) electrons. The van der Waals surface area contributed by atoms with Crippen LogP contribution in [-0.4, -0.2) is 31.4 Å². The van der Waals surface area contributed by atoms with Crippen molar-refractivity contribution in [1.82, 2.24) is 10.3 Å². The van der Waals surface area contributed by atoms with Gasteiger partial charge in [0.15, 0.2) is 5.69 Å². The molecule has 3 nitrogen and oxygen atoms in total. The van der Waals surface area contributed by atoms with Crippen LogP contribution < -0.4 is 5.32 Å². The molecule has 116 valence electrons. The SMILES string of the molecule is CNCc1sc(CCOCC(F)(F)F)nc1C(F)(F)F. The standard InChI is InChI=1S/C10H12F6N2OS/c1-17-4-6-8(10(14,15)16)18-7(20-6)2-3-19-5-9(11,12)13/h17H,2-5H2,1H3. The lowest BCUT2D eigenvalue weighted by Gasteiger charge is -2.06. The van der Waals surface area contributed by atoms with E-state index in [0.717, 1.165) is 11.3 Å². The third-order valence-corrected chi connectivity index (χ3v) is 3.19. The van der Waals surface area contributed by atoms with Crippen LogP contribution in [0.25, 0.3) is 0 Å². The van der Waals surface area contributed by atoms with E-state index in [1.807, 2.05) is 0 Å². The van der Waals surface area contributed by atoms with Crippen LogP contribution >= 0.6 is 11.3 Å². The van der Waals surface area contributed by atoms with Crippen molar-refractivity contribution in [3.63, 3.8) is 0 Å². The minimum atomic E-state index is -4.58. The number of nitrogens with zero attached hydrogens (tertiary/aromatic N) is 1. The maximum absolute atomic E-state index is 12.7. The van der Waals surface area contributed by atoms with Gasteiger partial charge < -0.3 is 10.1 Å². The predicted octanol–water partition coefficient (Wildman–Crippen LogP) is 3.00. The fourth-order valence-corrected chi connectivity index (χ4v) is 2.44. The molecule has 1 rings (SSSR count). The Balaban J connectivity index is 2.63. The molecule has 1 aromatic rings. The van der Waals surface area contributed by atoms with E-state index in [9.17, 15) is 26.3 Å². The summed E-state index contributed by atoms with van der Waals surface area (Å²) in [4.78, 5) is 3.43. The molecule has 1 aromatic heterocycles. The number of hydrogen-bond donors (Lipinski definition) is 1. The first kappa shape index (κ1) is 17.2. The zero-order valence-corrected chi connectivity index (χ0v) is 11.2. The minimum Gasteiger partial charge on any atom is -0.372 e. The first-order valence-electron chi connectivity index (χ1n) is 5.48. The van der Waals surface area contributed by atoms with Gasteiger partial charge in [-0.05, 0) is 7.05 Å². The van der Waals surface area contributed by atoms with Gasteiger partial charge in [-0.1, -0.05) is 0 Å². The summed E-state index contributed by atoms with van der Waals surface area (Å²) in [6.45, 7) is -1.76. The van der Waals surface area contributed by atoms with E-state index in [-0.39, 0.29) is 29.5 Å². The second kappa shape index (κ2) is 6.72. The fraction of sp³-hybridized carbons (Fsp3) is 0.700. The Morgan fingerprint density at radius 2 is 1.85 bits per heavy atom. The molecule has 0 saturated heterocycles. The summed E-state index contributed by atoms with van der Waals surface area (Å²) in [6, 6.07) is 0. The Morgan fingerprint density at radius 1 is 1.20 bits per heavy atom. The van der Waals surface area contributed by atoms with Gasteiger partial charge >= 0.3 is 12.4 Å². The van der Waals surface area contributed by atoms with Crippen LogP contribution in [0.2, 0.25) is 0 Å². The van der Waals surface area contributed by atoms with Crippen molar-refractivity contribution >= 4 is 11.3 Å². The molecule has 1 N–H and O–H groups in total. The molecule has 20 heavy (non-hydrogen) atoms. The lowest BCUT2D eigenvalue weighted by Crippen LogP contribution is -2.18. The van der Waals surface area contributed by atoms with Gasteiger partial charge in [0.05, 0.1) is 16.5 Å². The van der Waals surface area contributed by atoms with Crippen molar-refractivity contribution in [1.29, 1.82) is 0 Å². The molecule has 0 bridgehead atoms. The first-order valence-corrected chi connectivity index (χ1v) is 6.30. The van der Waals surface area contributed by atoms with Gasteiger partial charge in [0.2, 0.25) is 0 Å². The summed E-state index contributed by atoms with van der Waals surface area (Å²) in [5, 5.41) is 2.69. The quantitative estimate of drug-likeness (QED) is 0.646. The highest BCUT2D eigenvalue weighted by Gasteiger charge is 2.37. The van der Waals surface area contributed by atoms with Crippen molar-refractivity contribution in [3.05, 3.63) is 15.6 Å². The van der Waals surface area contributed by atoms with Gasteiger partial charge in [-0.25, -0.2) is 4.98 Å². The van der Waals surface area contributed by atoms with E-state index < -0.39 is 24.7 Å². The highest BCUT2D eigenvalue weighted by atomic mass is 32.1. The zero-order chi connectivity index (χ0) is 15.4. The molecular weight excluding hydrogens is 310 g/mol. The highest BCUT2D eigenvalue weighted by Crippen LogP contribution is 2.34. The van der Waals surface area contributed by atoms with Gasteiger partial charge in [0, 0.05) is 13.0 Å². The van der Waals surface area contributed by atoms with E-state index in [1.165, 1.54) is 7.05 Å². The number of alkyl halides is 6. The Hall–Kier alpha value is -0.870. The second-order valence-corrected chi connectivity index (χ2v) is 4.99. The smallest absolute Gasteiger partial charge is 0.372 e. The van der Waals surface area contributed by atoms with Crippen LogP contribution in [0.1, 0.15) is 15.6 Å². The molecule has 0 spiro atoms. The van der Waals surface area contributed by atoms with Crippen LogP contribution in [0.5, 0.6) is 0 Å². The summed E-state index contributed by atoms with van der Waals surface area (Å²) in [5.74, 6) is 0. The van der Waals surface area contributed by atoms with Crippen LogP contribution in [-0.2, 0) is 23.9 Å². The third kappa shape index (κ3) is 5.63. The Kier molecular flexibility index (Phi) is 5.78. The van der Waals surface area contributed by atoms with E-state index >= 15 is 0 Å². The lowest BCUT2D eigenvalue weighted by atomic mass is 10.3. The Labute approximate surface area is 115 Å².